The predicted molar refractivity (Wildman–Crippen MR) is 69.8 cm³/mol. The monoisotopic (exact) mass is 290 g/mol. The lowest BCUT2D eigenvalue weighted by Gasteiger charge is -2.22. The molecule has 100 valence electrons. The Morgan fingerprint density at radius 2 is 1.94 bits per heavy atom. The minimum Gasteiger partial charge on any atom is -0.368 e. The standard InChI is InChI=1S/C11H15ClN2O3S/c1-7-6-8(12)4-5-9(7)18(16,17)14-11(2,3)10(13)15/h4-6,14H,1-3H3,(H2,13,15). The first kappa shape index (κ1) is 14.9. The van der Waals surface area contributed by atoms with Crippen LogP contribution in [0.15, 0.2) is 23.1 Å². The molecule has 0 atom stereocenters. The van der Waals surface area contributed by atoms with E-state index in [0.29, 0.717) is 10.6 Å². The van der Waals surface area contributed by atoms with Gasteiger partial charge in [-0.3, -0.25) is 4.79 Å². The zero-order valence-electron chi connectivity index (χ0n) is 10.3. The Labute approximate surface area is 111 Å². The van der Waals surface area contributed by atoms with Crippen LogP contribution in [0.3, 0.4) is 0 Å². The second kappa shape index (κ2) is 4.87. The van der Waals surface area contributed by atoms with E-state index in [-0.39, 0.29) is 4.90 Å². The summed E-state index contributed by atoms with van der Waals surface area (Å²) in [4.78, 5) is 11.2. The fourth-order valence-corrected chi connectivity index (χ4v) is 3.19. The van der Waals surface area contributed by atoms with Gasteiger partial charge in [-0.2, -0.15) is 4.72 Å². The Hall–Kier alpha value is -1.11. The summed E-state index contributed by atoms with van der Waals surface area (Å²) in [5, 5.41) is 0.445. The molecule has 7 heteroatoms. The van der Waals surface area contributed by atoms with E-state index in [2.05, 4.69) is 4.72 Å². The Morgan fingerprint density at radius 3 is 2.39 bits per heavy atom. The predicted octanol–water partition coefficient (Wildman–Crippen LogP) is 1.19. The van der Waals surface area contributed by atoms with Crippen molar-refractivity contribution in [2.24, 2.45) is 5.73 Å². The number of carbonyl (C=O) groups excluding carboxylic acids is 1. The number of benzene rings is 1. The van der Waals surface area contributed by atoms with Crippen molar-refractivity contribution < 1.29 is 13.2 Å². The van der Waals surface area contributed by atoms with Gasteiger partial charge in [0.2, 0.25) is 15.9 Å². The van der Waals surface area contributed by atoms with Crippen LogP contribution in [0, 0.1) is 6.92 Å². The topological polar surface area (TPSA) is 89.3 Å². The third-order valence-electron chi connectivity index (χ3n) is 2.43. The number of carbonyl (C=O) groups is 1. The van der Waals surface area contributed by atoms with Crippen LogP contribution in [0.1, 0.15) is 19.4 Å². The highest BCUT2D eigenvalue weighted by Crippen LogP contribution is 2.20. The summed E-state index contributed by atoms with van der Waals surface area (Å²) in [7, 11) is -3.82. The third kappa shape index (κ3) is 3.22. The van der Waals surface area contributed by atoms with Crippen LogP contribution in [0.5, 0.6) is 0 Å². The second-order valence-electron chi connectivity index (χ2n) is 4.50. The van der Waals surface area contributed by atoms with Crippen LogP contribution < -0.4 is 10.5 Å². The number of hydrogen-bond acceptors (Lipinski definition) is 3. The molecule has 0 aliphatic rings. The lowest BCUT2D eigenvalue weighted by Crippen LogP contribution is -2.52. The van der Waals surface area contributed by atoms with Crippen molar-refractivity contribution in [3.8, 4) is 0 Å². The van der Waals surface area contributed by atoms with Crippen LogP contribution in [0.2, 0.25) is 5.02 Å². The van der Waals surface area contributed by atoms with Crippen molar-refractivity contribution in [2.75, 3.05) is 0 Å². The lowest BCUT2D eigenvalue weighted by molar-refractivity contribution is -0.122. The smallest absolute Gasteiger partial charge is 0.241 e. The Kier molecular flexibility index (Phi) is 4.05. The highest BCUT2D eigenvalue weighted by molar-refractivity contribution is 7.89. The Bertz CT molecular complexity index is 582. The summed E-state index contributed by atoms with van der Waals surface area (Å²) in [5.41, 5.74) is 4.27. The average Bonchev–Trinajstić information content (AvgIpc) is 2.14. The lowest BCUT2D eigenvalue weighted by atomic mass is 10.1. The highest BCUT2D eigenvalue weighted by Gasteiger charge is 2.31. The summed E-state index contributed by atoms with van der Waals surface area (Å²) in [5.74, 6) is -0.752. The van der Waals surface area contributed by atoms with Crippen LogP contribution in [0.25, 0.3) is 0 Å². The summed E-state index contributed by atoms with van der Waals surface area (Å²) < 4.78 is 26.5. The minimum absolute atomic E-state index is 0.0706. The van der Waals surface area contributed by atoms with E-state index in [1.807, 2.05) is 0 Å². The molecule has 0 spiro atoms. The number of hydrogen-bond donors (Lipinski definition) is 2. The zero-order valence-corrected chi connectivity index (χ0v) is 11.9. The number of primary amides is 1. The summed E-state index contributed by atoms with van der Waals surface area (Å²) in [6.45, 7) is 4.42. The van der Waals surface area contributed by atoms with Gasteiger partial charge in [0.15, 0.2) is 0 Å². The molecule has 5 nitrogen and oxygen atoms in total. The molecule has 0 fully saturated rings. The summed E-state index contributed by atoms with van der Waals surface area (Å²) >= 11 is 5.76. The number of halogens is 1. The van der Waals surface area contributed by atoms with Crippen LogP contribution in [-0.4, -0.2) is 19.9 Å². The highest BCUT2D eigenvalue weighted by atomic mass is 35.5. The van der Waals surface area contributed by atoms with Crippen molar-refractivity contribution in [1.82, 2.24) is 4.72 Å². The molecule has 0 unspecified atom stereocenters. The Morgan fingerprint density at radius 1 is 1.39 bits per heavy atom. The molecular formula is C11H15ClN2O3S. The first-order valence-electron chi connectivity index (χ1n) is 5.16. The molecule has 0 aliphatic heterocycles. The molecule has 0 radical (unpaired) electrons. The maximum atomic E-state index is 12.1. The van der Waals surface area contributed by atoms with E-state index in [0.717, 1.165) is 0 Å². The van der Waals surface area contributed by atoms with Gasteiger partial charge in [-0.15, -0.1) is 0 Å². The van der Waals surface area contributed by atoms with Crippen molar-refractivity contribution in [3.63, 3.8) is 0 Å². The van der Waals surface area contributed by atoms with E-state index < -0.39 is 21.5 Å². The maximum Gasteiger partial charge on any atom is 0.241 e. The second-order valence-corrected chi connectivity index (χ2v) is 6.59. The van der Waals surface area contributed by atoms with Crippen molar-refractivity contribution in [3.05, 3.63) is 28.8 Å². The first-order chi connectivity index (χ1) is 8.06. The fraction of sp³-hybridized carbons (Fsp3) is 0.364. The van der Waals surface area contributed by atoms with E-state index in [1.165, 1.54) is 32.0 Å². The third-order valence-corrected chi connectivity index (χ3v) is 4.48. The van der Waals surface area contributed by atoms with Crippen LogP contribution in [-0.2, 0) is 14.8 Å². The van der Waals surface area contributed by atoms with E-state index in [1.54, 1.807) is 6.92 Å². The molecule has 0 saturated carbocycles. The average molecular weight is 291 g/mol. The molecule has 3 N–H and O–H groups in total. The number of rotatable bonds is 4. The zero-order chi connectivity index (χ0) is 14.1. The van der Waals surface area contributed by atoms with Crippen molar-refractivity contribution in [1.29, 1.82) is 0 Å². The van der Waals surface area contributed by atoms with Gasteiger partial charge >= 0.3 is 0 Å². The molecule has 0 saturated heterocycles. The quantitative estimate of drug-likeness (QED) is 0.873. The molecule has 18 heavy (non-hydrogen) atoms. The molecule has 0 aromatic heterocycles. The van der Waals surface area contributed by atoms with Gasteiger partial charge < -0.3 is 5.73 Å². The van der Waals surface area contributed by atoms with Gasteiger partial charge in [0.1, 0.15) is 5.54 Å². The molecule has 0 heterocycles. The van der Waals surface area contributed by atoms with Crippen LogP contribution in [0.4, 0.5) is 0 Å². The van der Waals surface area contributed by atoms with E-state index in [9.17, 15) is 13.2 Å². The van der Waals surface area contributed by atoms with Gasteiger partial charge in [-0.25, -0.2) is 8.42 Å². The normalized spacial score (nSPS) is 12.4. The molecule has 1 amide bonds. The van der Waals surface area contributed by atoms with Gasteiger partial charge in [0.05, 0.1) is 4.90 Å². The SMILES string of the molecule is Cc1cc(Cl)ccc1S(=O)(=O)NC(C)(C)C(N)=O. The molecule has 1 rings (SSSR count). The van der Waals surface area contributed by atoms with Gasteiger partial charge in [-0.05, 0) is 44.5 Å². The van der Waals surface area contributed by atoms with Crippen molar-refractivity contribution >= 4 is 27.5 Å². The Balaban J connectivity index is 3.19. The number of aryl methyl sites for hydroxylation is 1. The molecular weight excluding hydrogens is 276 g/mol. The van der Waals surface area contributed by atoms with Crippen LogP contribution >= 0.6 is 11.6 Å². The molecule has 1 aromatic rings. The van der Waals surface area contributed by atoms with E-state index >= 15 is 0 Å². The first-order valence-corrected chi connectivity index (χ1v) is 7.02. The van der Waals surface area contributed by atoms with Gasteiger partial charge in [0.25, 0.3) is 0 Å². The maximum absolute atomic E-state index is 12.1. The number of sulfonamides is 1. The number of nitrogens with two attached hydrogens (primary N) is 1. The summed E-state index contributed by atoms with van der Waals surface area (Å²) in [6, 6.07) is 4.39. The molecule has 1 aromatic carbocycles. The molecule has 0 bridgehead atoms. The largest absolute Gasteiger partial charge is 0.368 e. The van der Waals surface area contributed by atoms with Gasteiger partial charge in [-0.1, -0.05) is 11.6 Å². The van der Waals surface area contributed by atoms with Gasteiger partial charge in [0, 0.05) is 5.02 Å². The summed E-state index contributed by atoms with van der Waals surface area (Å²) in [6.07, 6.45) is 0. The minimum atomic E-state index is -3.82. The van der Waals surface area contributed by atoms with E-state index in [4.69, 9.17) is 17.3 Å². The molecule has 0 aliphatic carbocycles. The fourth-order valence-electron chi connectivity index (χ4n) is 1.36. The van der Waals surface area contributed by atoms with Crippen molar-refractivity contribution in [2.45, 2.75) is 31.2 Å². The number of amides is 1. The number of nitrogens with one attached hydrogen (secondary N) is 1.